The van der Waals surface area contributed by atoms with Crippen LogP contribution in [0.5, 0.6) is 0 Å². The van der Waals surface area contributed by atoms with Gasteiger partial charge in [-0.2, -0.15) is 0 Å². The molecule has 1 heteroatoms. The SMILES string of the molecule is C=Cc1c(N)cccc1/C=C\C.CC. The Hall–Kier alpha value is -1.50. The number of hydrogen-bond acceptors (Lipinski definition) is 1. The molecule has 1 rings (SSSR count). The van der Waals surface area contributed by atoms with Crippen molar-refractivity contribution in [1.82, 2.24) is 0 Å². The first-order valence-corrected chi connectivity index (χ1v) is 4.93. The molecule has 0 aliphatic carbocycles. The number of anilines is 1. The molecule has 1 nitrogen and oxygen atoms in total. The van der Waals surface area contributed by atoms with E-state index < -0.39 is 0 Å². The molecule has 1 aromatic carbocycles. The van der Waals surface area contributed by atoms with Gasteiger partial charge < -0.3 is 5.73 Å². The summed E-state index contributed by atoms with van der Waals surface area (Å²) in [4.78, 5) is 0. The lowest BCUT2D eigenvalue weighted by Crippen LogP contribution is -1.90. The Bertz CT molecular complexity index is 311. The van der Waals surface area contributed by atoms with Crippen molar-refractivity contribution in [2.75, 3.05) is 5.73 Å². The lowest BCUT2D eigenvalue weighted by Gasteiger charge is -2.03. The number of nitrogen functional groups attached to an aromatic ring is 1. The van der Waals surface area contributed by atoms with Crippen LogP contribution in [0.25, 0.3) is 12.2 Å². The summed E-state index contributed by atoms with van der Waals surface area (Å²) in [5, 5.41) is 0. The van der Waals surface area contributed by atoms with Crippen molar-refractivity contribution in [2.24, 2.45) is 0 Å². The molecule has 0 amide bonds. The number of rotatable bonds is 2. The normalized spacial score (nSPS) is 9.36. The van der Waals surface area contributed by atoms with Crippen molar-refractivity contribution < 1.29 is 0 Å². The first-order chi connectivity index (χ1) is 6.79. The lowest BCUT2D eigenvalue weighted by atomic mass is 10.1. The molecule has 0 saturated heterocycles. The summed E-state index contributed by atoms with van der Waals surface area (Å²) in [7, 11) is 0. The van der Waals surface area contributed by atoms with Crippen LogP contribution in [0.15, 0.2) is 30.9 Å². The molecule has 0 spiro atoms. The van der Waals surface area contributed by atoms with Crippen molar-refractivity contribution in [3.63, 3.8) is 0 Å². The van der Waals surface area contributed by atoms with E-state index in [0.29, 0.717) is 0 Å². The second kappa shape index (κ2) is 6.96. The van der Waals surface area contributed by atoms with Gasteiger partial charge in [-0.25, -0.2) is 0 Å². The van der Waals surface area contributed by atoms with Gasteiger partial charge in [-0.15, -0.1) is 0 Å². The van der Waals surface area contributed by atoms with E-state index in [2.05, 4.69) is 6.58 Å². The molecule has 0 fully saturated rings. The van der Waals surface area contributed by atoms with Gasteiger partial charge in [0.1, 0.15) is 0 Å². The molecule has 2 N–H and O–H groups in total. The van der Waals surface area contributed by atoms with E-state index in [9.17, 15) is 0 Å². The minimum absolute atomic E-state index is 0.778. The first kappa shape index (κ1) is 12.5. The maximum absolute atomic E-state index is 5.76. The average Bonchev–Trinajstić information content (AvgIpc) is 2.22. The molecule has 0 atom stereocenters. The van der Waals surface area contributed by atoms with E-state index in [1.54, 1.807) is 6.08 Å². The first-order valence-electron chi connectivity index (χ1n) is 4.93. The molecule has 14 heavy (non-hydrogen) atoms. The predicted octanol–water partition coefficient (Wildman–Crippen LogP) is 3.97. The predicted molar refractivity (Wildman–Crippen MR) is 67.0 cm³/mol. The zero-order valence-electron chi connectivity index (χ0n) is 9.25. The highest BCUT2D eigenvalue weighted by Gasteiger charge is 1.97. The number of allylic oxidation sites excluding steroid dienone is 1. The lowest BCUT2D eigenvalue weighted by molar-refractivity contribution is 1.50. The largest absolute Gasteiger partial charge is 0.398 e. The summed E-state index contributed by atoms with van der Waals surface area (Å²) in [5.74, 6) is 0. The maximum atomic E-state index is 5.76. The minimum atomic E-state index is 0.778. The zero-order valence-corrected chi connectivity index (χ0v) is 9.25. The Labute approximate surface area is 87.0 Å². The van der Waals surface area contributed by atoms with Crippen molar-refractivity contribution in [2.45, 2.75) is 20.8 Å². The van der Waals surface area contributed by atoms with Crippen LogP contribution < -0.4 is 5.73 Å². The van der Waals surface area contributed by atoms with Crippen LogP contribution in [-0.2, 0) is 0 Å². The van der Waals surface area contributed by atoms with Gasteiger partial charge in [0.05, 0.1) is 0 Å². The smallest absolute Gasteiger partial charge is 0.0393 e. The molecular weight excluding hydrogens is 170 g/mol. The van der Waals surface area contributed by atoms with Crippen molar-refractivity contribution in [3.8, 4) is 0 Å². The van der Waals surface area contributed by atoms with Crippen LogP contribution in [0, 0.1) is 0 Å². The van der Waals surface area contributed by atoms with Gasteiger partial charge in [-0.1, -0.05) is 50.8 Å². The standard InChI is InChI=1S/C11H13N.C2H6/c1-3-6-9-7-5-8-11(12)10(9)4-2;1-2/h3-8H,2,12H2,1H3;1-2H3/b6-3-;. The Morgan fingerprint density at radius 2 is 1.93 bits per heavy atom. The quantitative estimate of drug-likeness (QED) is 0.700. The van der Waals surface area contributed by atoms with Crippen LogP contribution in [0.2, 0.25) is 0 Å². The van der Waals surface area contributed by atoms with Crippen LogP contribution in [0.4, 0.5) is 5.69 Å². The average molecular weight is 189 g/mol. The number of hydrogen-bond donors (Lipinski definition) is 1. The molecule has 0 bridgehead atoms. The number of nitrogens with two attached hydrogens (primary N) is 1. The van der Waals surface area contributed by atoms with Gasteiger partial charge in [-0.05, 0) is 18.6 Å². The molecule has 76 valence electrons. The summed E-state index contributed by atoms with van der Waals surface area (Å²) in [6, 6.07) is 5.84. The van der Waals surface area contributed by atoms with Gasteiger partial charge in [-0.3, -0.25) is 0 Å². The summed E-state index contributed by atoms with van der Waals surface area (Å²) in [5.41, 5.74) is 8.66. The molecule has 1 aromatic rings. The van der Waals surface area contributed by atoms with Gasteiger partial charge in [0, 0.05) is 11.3 Å². The monoisotopic (exact) mass is 189 g/mol. The molecule has 0 aromatic heterocycles. The third-order valence-corrected chi connectivity index (χ3v) is 1.72. The zero-order chi connectivity index (χ0) is 11.0. The summed E-state index contributed by atoms with van der Waals surface area (Å²) in [6.45, 7) is 9.70. The molecule has 0 radical (unpaired) electrons. The van der Waals surface area contributed by atoms with E-state index in [0.717, 1.165) is 16.8 Å². The maximum Gasteiger partial charge on any atom is 0.0393 e. The fourth-order valence-corrected chi connectivity index (χ4v) is 1.16. The summed E-state index contributed by atoms with van der Waals surface area (Å²) < 4.78 is 0. The van der Waals surface area contributed by atoms with Crippen LogP contribution in [0.3, 0.4) is 0 Å². The molecule has 0 saturated carbocycles. The van der Waals surface area contributed by atoms with E-state index in [1.165, 1.54) is 0 Å². The fourth-order valence-electron chi connectivity index (χ4n) is 1.16. The summed E-state index contributed by atoms with van der Waals surface area (Å²) in [6.07, 6.45) is 5.79. The summed E-state index contributed by atoms with van der Waals surface area (Å²) >= 11 is 0. The van der Waals surface area contributed by atoms with Crippen molar-refractivity contribution >= 4 is 17.8 Å². The van der Waals surface area contributed by atoms with Crippen LogP contribution in [0.1, 0.15) is 31.9 Å². The molecule has 0 aliphatic heterocycles. The second-order valence-corrected chi connectivity index (χ2v) is 2.55. The van der Waals surface area contributed by atoms with Gasteiger partial charge in [0.25, 0.3) is 0 Å². The highest BCUT2D eigenvalue weighted by atomic mass is 14.6. The minimum Gasteiger partial charge on any atom is -0.398 e. The van der Waals surface area contributed by atoms with E-state index in [4.69, 9.17) is 5.73 Å². The third-order valence-electron chi connectivity index (χ3n) is 1.72. The van der Waals surface area contributed by atoms with Crippen molar-refractivity contribution in [3.05, 3.63) is 42.0 Å². The number of benzene rings is 1. The van der Waals surface area contributed by atoms with Gasteiger partial charge in [0.15, 0.2) is 0 Å². The molecule has 0 aliphatic rings. The van der Waals surface area contributed by atoms with Crippen LogP contribution in [-0.4, -0.2) is 0 Å². The van der Waals surface area contributed by atoms with Gasteiger partial charge >= 0.3 is 0 Å². The highest BCUT2D eigenvalue weighted by Crippen LogP contribution is 2.19. The van der Waals surface area contributed by atoms with Gasteiger partial charge in [0.2, 0.25) is 0 Å². The fraction of sp³-hybridized carbons (Fsp3) is 0.231. The Morgan fingerprint density at radius 3 is 2.43 bits per heavy atom. The van der Waals surface area contributed by atoms with Crippen molar-refractivity contribution in [1.29, 1.82) is 0 Å². The third kappa shape index (κ3) is 3.09. The second-order valence-electron chi connectivity index (χ2n) is 2.55. The van der Waals surface area contributed by atoms with Crippen LogP contribution >= 0.6 is 0 Å². The molecule has 0 heterocycles. The molecular formula is C13H19N. The topological polar surface area (TPSA) is 26.0 Å². The van der Waals surface area contributed by atoms with E-state index in [-0.39, 0.29) is 0 Å². The van der Waals surface area contributed by atoms with E-state index >= 15 is 0 Å². The Morgan fingerprint density at radius 1 is 1.29 bits per heavy atom. The van der Waals surface area contributed by atoms with E-state index in [1.807, 2.05) is 51.1 Å². The molecule has 0 unspecified atom stereocenters. The Balaban J connectivity index is 0.000000791. The highest BCUT2D eigenvalue weighted by molar-refractivity contribution is 5.73. The Kier molecular flexibility index (Phi) is 6.21.